The molecule has 0 amide bonds. The zero-order valence-electron chi connectivity index (χ0n) is 7.03. The summed E-state index contributed by atoms with van der Waals surface area (Å²) >= 11 is 0. The molecule has 0 saturated carbocycles. The summed E-state index contributed by atoms with van der Waals surface area (Å²) in [6, 6.07) is -0.716. The van der Waals surface area contributed by atoms with Crippen molar-refractivity contribution in [2.45, 2.75) is 25.3 Å². The van der Waals surface area contributed by atoms with Crippen LogP contribution in [0.3, 0.4) is 0 Å². The second-order valence-electron chi connectivity index (χ2n) is 2.23. The Hall–Kier alpha value is 0.303. The van der Waals surface area contributed by atoms with E-state index >= 15 is 0 Å². The number of halogens is 1. The van der Waals surface area contributed by atoms with Gasteiger partial charge >= 0.3 is 25.4 Å². The number of aliphatic carboxylic acids is 1. The van der Waals surface area contributed by atoms with E-state index in [0.717, 1.165) is 12.8 Å². The number of rotatable bonds is 5. The van der Waals surface area contributed by atoms with Gasteiger partial charge in [-0.1, -0.05) is 6.42 Å². The fourth-order valence-electron chi connectivity index (χ4n) is 0.632. The van der Waals surface area contributed by atoms with Crippen LogP contribution in [0.4, 0.5) is 0 Å². The Bertz CT molecular complexity index is 116. The van der Waals surface area contributed by atoms with Crippen LogP contribution >= 0.6 is 12.4 Å². The van der Waals surface area contributed by atoms with Crippen LogP contribution in [0.2, 0.25) is 0 Å². The second-order valence-corrected chi connectivity index (χ2v) is 2.23. The summed E-state index contributed by atoms with van der Waals surface area (Å²) in [7, 11) is 0. The van der Waals surface area contributed by atoms with E-state index in [9.17, 15) is 4.79 Å². The van der Waals surface area contributed by atoms with Crippen molar-refractivity contribution in [2.24, 2.45) is 11.5 Å². The van der Waals surface area contributed by atoms with Crippen molar-refractivity contribution in [3.05, 3.63) is 0 Å². The van der Waals surface area contributed by atoms with Gasteiger partial charge in [-0.05, 0) is 19.4 Å². The van der Waals surface area contributed by atoms with E-state index in [4.69, 9.17) is 16.6 Å². The van der Waals surface area contributed by atoms with Crippen LogP contribution in [0.25, 0.3) is 0 Å². The van der Waals surface area contributed by atoms with E-state index in [1.165, 1.54) is 0 Å². The van der Waals surface area contributed by atoms with Gasteiger partial charge in [0.05, 0.1) is 0 Å². The molecular weight excluding hydrogens is 233 g/mol. The second kappa shape index (κ2) is 11.3. The molecule has 0 fully saturated rings. The van der Waals surface area contributed by atoms with Crippen molar-refractivity contribution >= 4 is 18.4 Å². The van der Waals surface area contributed by atoms with Gasteiger partial charge in [0.25, 0.3) is 0 Å². The maximum Gasteiger partial charge on any atom is 2.00 e. The van der Waals surface area contributed by atoms with Gasteiger partial charge in [-0.15, -0.1) is 12.4 Å². The molecule has 0 aliphatic rings. The van der Waals surface area contributed by atoms with Crippen LogP contribution in [0.15, 0.2) is 0 Å². The number of carbonyl (C=O) groups is 1. The van der Waals surface area contributed by atoms with Crippen molar-refractivity contribution in [1.29, 1.82) is 0 Å². The Morgan fingerprint density at radius 3 is 2.25 bits per heavy atom. The molecular formula is C6H15ClN2O2Zn+2. The van der Waals surface area contributed by atoms with Gasteiger partial charge in [0.1, 0.15) is 6.04 Å². The molecule has 5 N–H and O–H groups in total. The minimum atomic E-state index is -0.933. The molecule has 0 bridgehead atoms. The molecule has 0 aromatic rings. The van der Waals surface area contributed by atoms with Crippen molar-refractivity contribution in [1.82, 2.24) is 0 Å². The van der Waals surface area contributed by atoms with Gasteiger partial charge in [-0.2, -0.15) is 0 Å². The van der Waals surface area contributed by atoms with Gasteiger partial charge in [0.2, 0.25) is 0 Å². The topological polar surface area (TPSA) is 89.3 Å². The average Bonchev–Trinajstić information content (AvgIpc) is 1.88. The molecule has 6 heteroatoms. The van der Waals surface area contributed by atoms with Crippen LogP contribution in [-0.4, -0.2) is 23.7 Å². The molecule has 4 nitrogen and oxygen atoms in total. The monoisotopic (exact) mass is 246 g/mol. The summed E-state index contributed by atoms with van der Waals surface area (Å²) in [6.07, 6.45) is 2.16. The van der Waals surface area contributed by atoms with Crippen LogP contribution < -0.4 is 11.5 Å². The number of unbranched alkanes of at least 4 members (excludes halogenated alkanes) is 1. The first-order valence-corrected chi connectivity index (χ1v) is 3.37. The SMILES string of the molecule is Cl.NCCCCC(N)C(=O)O.[Zn+2]. The Kier molecular flexibility index (Phi) is 17.1. The summed E-state index contributed by atoms with van der Waals surface area (Å²) in [5.74, 6) is -0.933. The van der Waals surface area contributed by atoms with Crippen molar-refractivity contribution in [3.63, 3.8) is 0 Å². The molecule has 0 saturated heterocycles. The normalized spacial score (nSPS) is 10.8. The van der Waals surface area contributed by atoms with E-state index < -0.39 is 12.0 Å². The first kappa shape index (κ1) is 18.2. The van der Waals surface area contributed by atoms with Crippen molar-refractivity contribution < 1.29 is 29.4 Å². The van der Waals surface area contributed by atoms with E-state index in [2.05, 4.69) is 0 Å². The standard InChI is InChI=1S/C6H14N2O2.ClH.Zn/c7-4-2-1-3-5(8)6(9)10;;/h5H,1-4,7-8H2,(H,9,10);1H;/q;;+2. The van der Waals surface area contributed by atoms with E-state index in [1.54, 1.807) is 0 Å². The summed E-state index contributed by atoms with van der Waals surface area (Å²) in [4.78, 5) is 10.1. The molecule has 0 aromatic carbocycles. The fourth-order valence-corrected chi connectivity index (χ4v) is 0.632. The van der Waals surface area contributed by atoms with Gasteiger partial charge in [0, 0.05) is 0 Å². The first-order chi connectivity index (χ1) is 4.68. The average molecular weight is 248 g/mol. The maximum absolute atomic E-state index is 10.1. The predicted molar refractivity (Wildman–Crippen MR) is 45.8 cm³/mol. The number of carboxylic acid groups (broad SMARTS) is 1. The zero-order valence-corrected chi connectivity index (χ0v) is 10.8. The third-order valence-electron chi connectivity index (χ3n) is 1.29. The minimum absolute atomic E-state index is 0. The Labute approximate surface area is 91.2 Å². The molecule has 0 aromatic heterocycles. The molecule has 0 aliphatic carbocycles. The van der Waals surface area contributed by atoms with Gasteiger partial charge in [-0.3, -0.25) is 4.79 Å². The number of carboxylic acids is 1. The fraction of sp³-hybridized carbons (Fsp3) is 0.833. The number of hydrogen-bond donors (Lipinski definition) is 3. The maximum atomic E-state index is 10.1. The van der Waals surface area contributed by atoms with Crippen LogP contribution in [0.5, 0.6) is 0 Å². The van der Waals surface area contributed by atoms with Crippen molar-refractivity contribution in [3.8, 4) is 0 Å². The van der Waals surface area contributed by atoms with Crippen LogP contribution in [-0.2, 0) is 24.3 Å². The van der Waals surface area contributed by atoms with Crippen LogP contribution in [0.1, 0.15) is 19.3 Å². The number of nitrogens with two attached hydrogens (primary N) is 2. The summed E-state index contributed by atoms with van der Waals surface area (Å²) in [5.41, 5.74) is 10.4. The zero-order chi connectivity index (χ0) is 7.98. The van der Waals surface area contributed by atoms with Crippen LogP contribution in [0, 0.1) is 0 Å². The van der Waals surface area contributed by atoms with Gasteiger partial charge in [0.15, 0.2) is 0 Å². The van der Waals surface area contributed by atoms with Gasteiger partial charge < -0.3 is 16.6 Å². The molecule has 1 atom stereocenters. The predicted octanol–water partition coefficient (Wildman–Crippen LogP) is -0.0534. The van der Waals surface area contributed by atoms with E-state index in [0.29, 0.717) is 13.0 Å². The molecule has 68 valence electrons. The third-order valence-corrected chi connectivity index (χ3v) is 1.29. The third kappa shape index (κ3) is 10.3. The molecule has 0 radical (unpaired) electrons. The largest absolute Gasteiger partial charge is 2.00 e. The van der Waals surface area contributed by atoms with Crippen molar-refractivity contribution in [2.75, 3.05) is 6.54 Å². The summed E-state index contributed by atoms with van der Waals surface area (Å²) in [5, 5.41) is 8.33. The molecule has 0 aliphatic heterocycles. The summed E-state index contributed by atoms with van der Waals surface area (Å²) in [6.45, 7) is 0.604. The Morgan fingerprint density at radius 1 is 1.42 bits per heavy atom. The van der Waals surface area contributed by atoms with Gasteiger partial charge in [-0.25, -0.2) is 0 Å². The quantitative estimate of drug-likeness (QED) is 0.470. The Morgan fingerprint density at radius 2 is 1.92 bits per heavy atom. The summed E-state index contributed by atoms with van der Waals surface area (Å²) < 4.78 is 0. The minimum Gasteiger partial charge on any atom is -0.480 e. The van der Waals surface area contributed by atoms with E-state index in [-0.39, 0.29) is 31.9 Å². The molecule has 12 heavy (non-hydrogen) atoms. The molecule has 0 heterocycles. The van der Waals surface area contributed by atoms with E-state index in [1.807, 2.05) is 0 Å². The number of hydrogen-bond acceptors (Lipinski definition) is 3. The molecule has 1 unspecified atom stereocenters. The molecule has 0 spiro atoms. The first-order valence-electron chi connectivity index (χ1n) is 3.37. The Balaban J connectivity index is -0.000000405. The smallest absolute Gasteiger partial charge is 0.480 e. The molecule has 0 rings (SSSR count).